The van der Waals surface area contributed by atoms with Gasteiger partial charge in [-0.2, -0.15) is 0 Å². The minimum absolute atomic E-state index is 0. The molecule has 0 bridgehead atoms. The first-order valence-electron chi connectivity index (χ1n) is 7.46. The van der Waals surface area contributed by atoms with Gasteiger partial charge in [-0.1, -0.05) is 12.8 Å². The predicted octanol–water partition coefficient (Wildman–Crippen LogP) is 2.36. The molecule has 1 atom stereocenters. The molecule has 0 spiro atoms. The van der Waals surface area contributed by atoms with Crippen LogP contribution in [0.4, 0.5) is 4.39 Å². The van der Waals surface area contributed by atoms with Crippen LogP contribution in [0.15, 0.2) is 17.0 Å². The summed E-state index contributed by atoms with van der Waals surface area (Å²) in [6.45, 7) is 1.67. The number of hydrogen-bond donors (Lipinski definition) is 2. The molecule has 5 nitrogen and oxygen atoms in total. The minimum Gasteiger partial charge on any atom is -0.494 e. The van der Waals surface area contributed by atoms with E-state index in [9.17, 15) is 12.8 Å². The number of ether oxygens (including phenoxy) is 1. The quantitative estimate of drug-likeness (QED) is 0.809. The van der Waals surface area contributed by atoms with E-state index in [1.165, 1.54) is 26.2 Å². The SMILES string of the molecule is COc1ccc(S(=O)(=O)NC(CN)C2CCCC2)c(C)c1F.Cl. The largest absolute Gasteiger partial charge is 0.494 e. The van der Waals surface area contributed by atoms with Gasteiger partial charge in [0.2, 0.25) is 10.0 Å². The highest BCUT2D eigenvalue weighted by molar-refractivity contribution is 7.89. The van der Waals surface area contributed by atoms with Gasteiger partial charge in [-0.3, -0.25) is 0 Å². The topological polar surface area (TPSA) is 81.4 Å². The first-order valence-corrected chi connectivity index (χ1v) is 8.94. The fourth-order valence-electron chi connectivity index (χ4n) is 3.05. The van der Waals surface area contributed by atoms with Crippen molar-refractivity contribution in [2.45, 2.75) is 43.5 Å². The maximum Gasteiger partial charge on any atom is 0.241 e. The van der Waals surface area contributed by atoms with Crippen LogP contribution in [-0.4, -0.2) is 28.1 Å². The highest BCUT2D eigenvalue weighted by atomic mass is 35.5. The first kappa shape index (κ1) is 20.2. The Morgan fingerprint density at radius 1 is 1.39 bits per heavy atom. The molecule has 0 amide bonds. The third-order valence-corrected chi connectivity index (χ3v) is 5.97. The molecular formula is C15H24ClFN2O3S. The fraction of sp³-hybridized carbons (Fsp3) is 0.600. The molecule has 8 heteroatoms. The Hall–Kier alpha value is -0.890. The highest BCUT2D eigenvalue weighted by Crippen LogP contribution is 2.30. The zero-order valence-electron chi connectivity index (χ0n) is 13.3. The van der Waals surface area contributed by atoms with Crippen LogP contribution in [0, 0.1) is 18.7 Å². The molecule has 0 aromatic heterocycles. The second-order valence-electron chi connectivity index (χ2n) is 5.71. The average Bonchev–Trinajstić information content (AvgIpc) is 3.01. The molecule has 1 fully saturated rings. The Kier molecular flexibility index (Phi) is 7.26. The molecule has 1 unspecified atom stereocenters. The van der Waals surface area contributed by atoms with Crippen LogP contribution in [0.5, 0.6) is 5.75 Å². The van der Waals surface area contributed by atoms with E-state index in [4.69, 9.17) is 10.5 Å². The monoisotopic (exact) mass is 366 g/mol. The average molecular weight is 367 g/mol. The van der Waals surface area contributed by atoms with Crippen molar-refractivity contribution in [2.75, 3.05) is 13.7 Å². The van der Waals surface area contributed by atoms with Gasteiger partial charge in [0.25, 0.3) is 0 Å². The van der Waals surface area contributed by atoms with Crippen molar-refractivity contribution in [3.63, 3.8) is 0 Å². The number of sulfonamides is 1. The number of benzene rings is 1. The summed E-state index contributed by atoms with van der Waals surface area (Å²) in [6, 6.07) is 2.38. The number of nitrogens with one attached hydrogen (secondary N) is 1. The van der Waals surface area contributed by atoms with Gasteiger partial charge < -0.3 is 10.5 Å². The van der Waals surface area contributed by atoms with Crippen molar-refractivity contribution in [1.29, 1.82) is 0 Å². The molecule has 1 aliphatic carbocycles. The van der Waals surface area contributed by atoms with Gasteiger partial charge in [-0.05, 0) is 37.8 Å². The summed E-state index contributed by atoms with van der Waals surface area (Å²) in [5.74, 6) is -0.374. The molecule has 1 aromatic carbocycles. The summed E-state index contributed by atoms with van der Waals surface area (Å²) < 4.78 is 46.7. The van der Waals surface area contributed by atoms with Crippen LogP contribution < -0.4 is 15.2 Å². The molecule has 23 heavy (non-hydrogen) atoms. The summed E-state index contributed by atoms with van der Waals surface area (Å²) >= 11 is 0. The molecule has 2 rings (SSSR count). The summed E-state index contributed by atoms with van der Waals surface area (Å²) in [4.78, 5) is -0.0674. The van der Waals surface area contributed by atoms with E-state index in [0.717, 1.165) is 25.7 Å². The van der Waals surface area contributed by atoms with Gasteiger partial charge >= 0.3 is 0 Å². The molecule has 1 aliphatic rings. The van der Waals surface area contributed by atoms with E-state index in [2.05, 4.69) is 4.72 Å². The lowest BCUT2D eigenvalue weighted by Crippen LogP contribution is -2.44. The molecular weight excluding hydrogens is 343 g/mol. The van der Waals surface area contributed by atoms with Gasteiger partial charge in [-0.15, -0.1) is 12.4 Å². The second-order valence-corrected chi connectivity index (χ2v) is 7.40. The first-order chi connectivity index (χ1) is 10.4. The van der Waals surface area contributed by atoms with Crippen LogP contribution in [0.1, 0.15) is 31.2 Å². The number of halogens is 2. The zero-order chi connectivity index (χ0) is 16.3. The summed E-state index contributed by atoms with van der Waals surface area (Å²) in [5, 5.41) is 0. The maximum atomic E-state index is 14.1. The molecule has 0 aliphatic heterocycles. The van der Waals surface area contributed by atoms with Crippen LogP contribution in [0.3, 0.4) is 0 Å². The van der Waals surface area contributed by atoms with Crippen LogP contribution in [0.2, 0.25) is 0 Å². The van der Waals surface area contributed by atoms with Crippen molar-refractivity contribution < 1.29 is 17.5 Å². The minimum atomic E-state index is -3.81. The smallest absolute Gasteiger partial charge is 0.241 e. The highest BCUT2D eigenvalue weighted by Gasteiger charge is 2.30. The Bertz CT molecular complexity index is 634. The predicted molar refractivity (Wildman–Crippen MR) is 90.1 cm³/mol. The number of methoxy groups -OCH3 is 1. The van der Waals surface area contributed by atoms with Crippen molar-refractivity contribution in [3.8, 4) is 5.75 Å². The Morgan fingerprint density at radius 2 is 2.00 bits per heavy atom. The molecule has 132 valence electrons. The van der Waals surface area contributed by atoms with E-state index < -0.39 is 15.8 Å². The van der Waals surface area contributed by atoms with E-state index in [1.54, 1.807) is 0 Å². The number of nitrogens with two attached hydrogens (primary N) is 1. The second kappa shape index (κ2) is 8.28. The fourth-order valence-corrected chi connectivity index (χ4v) is 4.60. The number of rotatable bonds is 6. The van der Waals surface area contributed by atoms with Crippen molar-refractivity contribution in [1.82, 2.24) is 4.72 Å². The van der Waals surface area contributed by atoms with Crippen LogP contribution >= 0.6 is 12.4 Å². The van der Waals surface area contributed by atoms with Gasteiger partial charge in [-0.25, -0.2) is 17.5 Å². The van der Waals surface area contributed by atoms with Crippen molar-refractivity contribution in [2.24, 2.45) is 11.7 Å². The molecule has 3 N–H and O–H groups in total. The Balaban J connectivity index is 0.00000264. The van der Waals surface area contributed by atoms with Gasteiger partial charge in [0, 0.05) is 18.2 Å². The Labute approximate surface area is 143 Å². The van der Waals surface area contributed by atoms with E-state index in [1.807, 2.05) is 0 Å². The third-order valence-electron chi connectivity index (χ3n) is 4.34. The lowest BCUT2D eigenvalue weighted by Gasteiger charge is -2.23. The lowest BCUT2D eigenvalue weighted by molar-refractivity contribution is 0.383. The Morgan fingerprint density at radius 3 is 2.52 bits per heavy atom. The van der Waals surface area contributed by atoms with Gasteiger partial charge in [0.15, 0.2) is 11.6 Å². The van der Waals surface area contributed by atoms with Crippen LogP contribution in [-0.2, 0) is 10.0 Å². The maximum absolute atomic E-state index is 14.1. The van der Waals surface area contributed by atoms with Gasteiger partial charge in [0.05, 0.1) is 12.0 Å². The number of hydrogen-bond acceptors (Lipinski definition) is 4. The summed E-state index contributed by atoms with van der Waals surface area (Å²) in [7, 11) is -2.47. The molecule has 1 aromatic rings. The third kappa shape index (κ3) is 4.35. The summed E-state index contributed by atoms with van der Waals surface area (Å²) in [6.07, 6.45) is 4.14. The molecule has 0 radical (unpaired) electrons. The lowest BCUT2D eigenvalue weighted by atomic mass is 9.99. The normalized spacial score (nSPS) is 16.9. The van der Waals surface area contributed by atoms with Gasteiger partial charge in [0.1, 0.15) is 0 Å². The summed E-state index contributed by atoms with van der Waals surface area (Å²) in [5.41, 5.74) is 5.78. The van der Waals surface area contributed by atoms with Crippen LogP contribution in [0.25, 0.3) is 0 Å². The van der Waals surface area contributed by atoms with E-state index >= 15 is 0 Å². The zero-order valence-corrected chi connectivity index (χ0v) is 15.0. The van der Waals surface area contributed by atoms with Crippen molar-refractivity contribution >= 4 is 22.4 Å². The van der Waals surface area contributed by atoms with Crippen molar-refractivity contribution in [3.05, 3.63) is 23.5 Å². The molecule has 0 saturated heterocycles. The van der Waals surface area contributed by atoms with E-state index in [-0.39, 0.29) is 47.1 Å². The standard InChI is InChI=1S/C15H23FN2O3S.ClH/c1-10-14(8-7-13(21-2)15(10)16)22(19,20)18-12(9-17)11-5-3-4-6-11;/h7-8,11-12,18H,3-6,9,17H2,1-2H3;1H. The molecule has 0 heterocycles. The van der Waals surface area contributed by atoms with E-state index in [0.29, 0.717) is 0 Å². The molecule has 1 saturated carbocycles.